The zero-order valence-electron chi connectivity index (χ0n) is 10.3. The molecule has 0 bridgehead atoms. The molecule has 0 radical (unpaired) electrons. The summed E-state index contributed by atoms with van der Waals surface area (Å²) >= 11 is 0. The monoisotopic (exact) mass is 242 g/mol. The maximum atomic E-state index is 5.93. The number of H-pyrrole nitrogens is 1. The summed E-state index contributed by atoms with van der Waals surface area (Å²) in [4.78, 5) is 7.55. The molecule has 3 N–H and O–H groups in total. The topological polar surface area (TPSA) is 80.7 Å². The van der Waals surface area contributed by atoms with Gasteiger partial charge in [-0.25, -0.2) is 0 Å². The molecule has 0 unspecified atom stereocenters. The number of benzene rings is 1. The van der Waals surface area contributed by atoms with E-state index in [0.717, 1.165) is 16.6 Å². The Bertz CT molecular complexity index is 657. The van der Waals surface area contributed by atoms with Gasteiger partial charge in [0, 0.05) is 10.9 Å². The van der Waals surface area contributed by atoms with E-state index in [1.54, 1.807) is 0 Å². The minimum atomic E-state index is -0.603. The fourth-order valence-electron chi connectivity index (χ4n) is 1.78. The van der Waals surface area contributed by atoms with Gasteiger partial charge in [-0.2, -0.15) is 4.98 Å². The molecule has 3 aromatic rings. The third-order valence-corrected chi connectivity index (χ3v) is 2.76. The summed E-state index contributed by atoms with van der Waals surface area (Å²) in [5, 5.41) is 5.01. The third kappa shape index (κ3) is 1.78. The van der Waals surface area contributed by atoms with Crippen LogP contribution in [0.15, 0.2) is 34.9 Å². The van der Waals surface area contributed by atoms with Crippen LogP contribution >= 0.6 is 0 Å². The molecular formula is C13H14N4O. The normalized spacial score (nSPS) is 12.2. The Kier molecular flexibility index (Phi) is 2.24. The van der Waals surface area contributed by atoms with Crippen molar-refractivity contribution in [1.29, 1.82) is 0 Å². The van der Waals surface area contributed by atoms with Gasteiger partial charge in [0.2, 0.25) is 0 Å². The first-order valence-corrected chi connectivity index (χ1v) is 5.75. The second-order valence-electron chi connectivity index (χ2n) is 4.92. The van der Waals surface area contributed by atoms with Crippen LogP contribution in [0.25, 0.3) is 22.5 Å². The van der Waals surface area contributed by atoms with Gasteiger partial charge in [-0.3, -0.25) is 0 Å². The molecule has 0 aliphatic heterocycles. The number of hydrogen-bond acceptors (Lipinski definition) is 4. The van der Waals surface area contributed by atoms with Gasteiger partial charge in [0.15, 0.2) is 5.82 Å². The van der Waals surface area contributed by atoms with Gasteiger partial charge < -0.3 is 15.2 Å². The van der Waals surface area contributed by atoms with Gasteiger partial charge in [0.05, 0.1) is 5.54 Å². The first kappa shape index (κ1) is 11.0. The SMILES string of the molecule is CC(C)(N)c1noc(-c2cc3ccccc3[nH]2)n1. The molecular weight excluding hydrogens is 228 g/mol. The van der Waals surface area contributed by atoms with E-state index in [1.807, 2.05) is 44.2 Å². The zero-order chi connectivity index (χ0) is 12.8. The van der Waals surface area contributed by atoms with Crippen LogP contribution in [0.4, 0.5) is 0 Å². The lowest BCUT2D eigenvalue weighted by Crippen LogP contribution is -2.30. The highest BCUT2D eigenvalue weighted by Crippen LogP contribution is 2.24. The Morgan fingerprint density at radius 1 is 1.28 bits per heavy atom. The molecule has 3 rings (SSSR count). The predicted molar refractivity (Wildman–Crippen MR) is 68.8 cm³/mol. The highest BCUT2D eigenvalue weighted by atomic mass is 16.5. The van der Waals surface area contributed by atoms with Crippen LogP contribution in [0.2, 0.25) is 0 Å². The van der Waals surface area contributed by atoms with Crippen molar-refractivity contribution in [1.82, 2.24) is 15.1 Å². The molecule has 0 saturated carbocycles. The second-order valence-corrected chi connectivity index (χ2v) is 4.92. The van der Waals surface area contributed by atoms with Crippen LogP contribution in [0.5, 0.6) is 0 Å². The van der Waals surface area contributed by atoms with Crippen molar-refractivity contribution in [3.8, 4) is 11.6 Å². The molecule has 0 atom stereocenters. The van der Waals surface area contributed by atoms with Crippen LogP contribution in [0.3, 0.4) is 0 Å². The van der Waals surface area contributed by atoms with Crippen molar-refractivity contribution in [3.63, 3.8) is 0 Å². The Morgan fingerprint density at radius 3 is 2.72 bits per heavy atom. The van der Waals surface area contributed by atoms with Crippen molar-refractivity contribution in [2.75, 3.05) is 0 Å². The smallest absolute Gasteiger partial charge is 0.274 e. The van der Waals surface area contributed by atoms with E-state index in [4.69, 9.17) is 10.3 Å². The molecule has 18 heavy (non-hydrogen) atoms. The number of aromatic nitrogens is 3. The van der Waals surface area contributed by atoms with E-state index < -0.39 is 5.54 Å². The lowest BCUT2D eigenvalue weighted by atomic mass is 10.1. The third-order valence-electron chi connectivity index (χ3n) is 2.76. The van der Waals surface area contributed by atoms with Crippen LogP contribution in [0.1, 0.15) is 19.7 Å². The van der Waals surface area contributed by atoms with Gasteiger partial charge in [-0.1, -0.05) is 23.4 Å². The Hall–Kier alpha value is -2.14. The van der Waals surface area contributed by atoms with Gasteiger partial charge in [-0.05, 0) is 26.0 Å². The summed E-state index contributed by atoms with van der Waals surface area (Å²) in [7, 11) is 0. The number of rotatable bonds is 2. The van der Waals surface area contributed by atoms with E-state index in [1.165, 1.54) is 0 Å². The van der Waals surface area contributed by atoms with Crippen LogP contribution < -0.4 is 5.73 Å². The Balaban J connectivity index is 2.06. The average Bonchev–Trinajstić information content (AvgIpc) is 2.94. The molecule has 1 aromatic carbocycles. The van der Waals surface area contributed by atoms with Crippen molar-refractivity contribution < 1.29 is 4.52 Å². The first-order chi connectivity index (χ1) is 8.54. The molecule has 5 heteroatoms. The van der Waals surface area contributed by atoms with E-state index in [-0.39, 0.29) is 0 Å². The Morgan fingerprint density at radius 2 is 2.06 bits per heavy atom. The van der Waals surface area contributed by atoms with E-state index in [2.05, 4.69) is 15.1 Å². The van der Waals surface area contributed by atoms with Crippen LogP contribution in [0, 0.1) is 0 Å². The lowest BCUT2D eigenvalue weighted by Gasteiger charge is -2.11. The molecule has 0 saturated heterocycles. The van der Waals surface area contributed by atoms with E-state index in [9.17, 15) is 0 Å². The molecule has 0 fully saturated rings. The van der Waals surface area contributed by atoms with Crippen molar-refractivity contribution in [3.05, 3.63) is 36.2 Å². The number of nitrogens with one attached hydrogen (secondary N) is 1. The van der Waals surface area contributed by atoms with Gasteiger partial charge >= 0.3 is 0 Å². The summed E-state index contributed by atoms with van der Waals surface area (Å²) < 4.78 is 5.23. The molecule has 5 nitrogen and oxygen atoms in total. The quantitative estimate of drug-likeness (QED) is 0.723. The standard InChI is InChI=1S/C13H14N4O/c1-13(2,14)12-16-11(18-17-12)10-7-8-5-3-4-6-9(8)15-10/h3-7,15H,14H2,1-2H3. The number of fused-ring (bicyclic) bond motifs is 1. The maximum absolute atomic E-state index is 5.93. The summed E-state index contributed by atoms with van der Waals surface area (Å²) in [6.45, 7) is 3.68. The minimum absolute atomic E-state index is 0.458. The van der Waals surface area contributed by atoms with Crippen LogP contribution in [-0.4, -0.2) is 15.1 Å². The van der Waals surface area contributed by atoms with Crippen molar-refractivity contribution >= 4 is 10.9 Å². The summed E-state index contributed by atoms with van der Waals surface area (Å²) in [5.74, 6) is 0.955. The fraction of sp³-hybridized carbons (Fsp3) is 0.231. The highest BCUT2D eigenvalue weighted by molar-refractivity contribution is 5.84. The molecule has 0 spiro atoms. The number of aromatic amines is 1. The van der Waals surface area contributed by atoms with Crippen molar-refractivity contribution in [2.45, 2.75) is 19.4 Å². The summed E-state index contributed by atoms with van der Waals surface area (Å²) in [5.41, 5.74) is 7.17. The van der Waals surface area contributed by atoms with E-state index in [0.29, 0.717) is 11.7 Å². The summed E-state index contributed by atoms with van der Waals surface area (Å²) in [6, 6.07) is 9.98. The fourth-order valence-corrected chi connectivity index (χ4v) is 1.78. The average molecular weight is 242 g/mol. The lowest BCUT2D eigenvalue weighted by molar-refractivity contribution is 0.396. The molecule has 0 amide bonds. The van der Waals surface area contributed by atoms with Gasteiger partial charge in [-0.15, -0.1) is 0 Å². The largest absolute Gasteiger partial charge is 0.351 e. The highest BCUT2D eigenvalue weighted by Gasteiger charge is 2.22. The second kappa shape index (κ2) is 3.68. The first-order valence-electron chi connectivity index (χ1n) is 5.75. The predicted octanol–water partition coefficient (Wildman–Crippen LogP) is 2.41. The number of nitrogens with two attached hydrogens (primary N) is 1. The molecule has 2 heterocycles. The number of hydrogen-bond donors (Lipinski definition) is 2. The number of para-hydroxylation sites is 1. The zero-order valence-corrected chi connectivity index (χ0v) is 10.3. The molecule has 2 aromatic heterocycles. The van der Waals surface area contributed by atoms with Crippen LogP contribution in [-0.2, 0) is 5.54 Å². The van der Waals surface area contributed by atoms with Gasteiger partial charge in [0.25, 0.3) is 5.89 Å². The molecule has 92 valence electrons. The number of nitrogens with zero attached hydrogens (tertiary/aromatic N) is 2. The van der Waals surface area contributed by atoms with Gasteiger partial charge in [0.1, 0.15) is 5.69 Å². The van der Waals surface area contributed by atoms with E-state index >= 15 is 0 Å². The minimum Gasteiger partial charge on any atom is -0.351 e. The Labute approximate surface area is 104 Å². The van der Waals surface area contributed by atoms with Crippen molar-refractivity contribution in [2.24, 2.45) is 5.73 Å². The maximum Gasteiger partial charge on any atom is 0.274 e. The molecule has 0 aliphatic rings. The molecule has 0 aliphatic carbocycles. The summed E-state index contributed by atoms with van der Waals surface area (Å²) in [6.07, 6.45) is 0.